The number of fused-ring (bicyclic) bond motifs is 2. The number of hydrogen-bond acceptors (Lipinski definition) is 5. The minimum absolute atomic E-state index is 0.706. The number of rotatable bonds is 3. The van der Waals surface area contributed by atoms with Crippen LogP contribution in [0.25, 0.3) is 17.0 Å². The molecule has 4 nitrogen and oxygen atoms in total. The van der Waals surface area contributed by atoms with E-state index < -0.39 is 0 Å². The molecule has 1 aliphatic heterocycles. The monoisotopic (exact) mass is 336 g/mol. The van der Waals surface area contributed by atoms with E-state index in [0.29, 0.717) is 5.13 Å². The Kier molecular flexibility index (Phi) is 4.28. The Balaban J connectivity index is 1.43. The van der Waals surface area contributed by atoms with Crippen LogP contribution in [0, 0.1) is 0 Å². The van der Waals surface area contributed by atoms with E-state index in [2.05, 4.69) is 51.3 Å². The quantitative estimate of drug-likeness (QED) is 0.796. The minimum atomic E-state index is 0.706. The number of aromatic nitrogens is 2. The Hall–Kier alpha value is -2.24. The highest BCUT2D eigenvalue weighted by molar-refractivity contribution is 7.15. The predicted octanol–water partition coefficient (Wildman–Crippen LogP) is 3.39. The second-order valence-electron chi connectivity index (χ2n) is 6.04. The van der Waals surface area contributed by atoms with Gasteiger partial charge in [0.15, 0.2) is 5.13 Å². The standard InChI is InChI=1S/C19H20N4S/c20-19-22-17-8-12-23(13-9-18(17)24-19)11-3-5-14-4-1-7-16-15(14)6-2-10-21-16/h1-7,10H,8-9,11-13H2,(H2,20,22)/b5-3+. The molecule has 0 amide bonds. The number of anilines is 1. The average Bonchev–Trinajstić information content (AvgIpc) is 2.86. The molecule has 0 saturated carbocycles. The summed E-state index contributed by atoms with van der Waals surface area (Å²) in [7, 11) is 0. The van der Waals surface area contributed by atoms with Crippen LogP contribution in [0.3, 0.4) is 0 Å². The van der Waals surface area contributed by atoms with Crippen molar-refractivity contribution in [3.05, 3.63) is 58.7 Å². The number of hydrogen-bond donors (Lipinski definition) is 1. The number of nitrogens with two attached hydrogens (primary N) is 1. The van der Waals surface area contributed by atoms with Gasteiger partial charge in [0.25, 0.3) is 0 Å². The summed E-state index contributed by atoms with van der Waals surface area (Å²) in [4.78, 5) is 12.7. The van der Waals surface area contributed by atoms with E-state index in [4.69, 9.17) is 5.73 Å². The summed E-state index contributed by atoms with van der Waals surface area (Å²) in [5, 5.41) is 1.91. The van der Waals surface area contributed by atoms with Crippen LogP contribution in [0.5, 0.6) is 0 Å². The largest absolute Gasteiger partial charge is 0.375 e. The lowest BCUT2D eigenvalue weighted by Gasteiger charge is -2.17. The lowest BCUT2D eigenvalue weighted by molar-refractivity contribution is 0.318. The Morgan fingerprint density at radius 2 is 2.08 bits per heavy atom. The van der Waals surface area contributed by atoms with Gasteiger partial charge in [-0.05, 0) is 24.1 Å². The van der Waals surface area contributed by atoms with Crippen molar-refractivity contribution in [3.63, 3.8) is 0 Å². The second-order valence-corrected chi connectivity index (χ2v) is 7.16. The van der Waals surface area contributed by atoms with Crippen LogP contribution < -0.4 is 5.73 Å². The Labute approximate surface area is 145 Å². The zero-order valence-electron chi connectivity index (χ0n) is 13.5. The molecule has 3 heterocycles. The van der Waals surface area contributed by atoms with Crippen molar-refractivity contribution in [3.8, 4) is 0 Å². The van der Waals surface area contributed by atoms with Crippen molar-refractivity contribution in [1.82, 2.24) is 14.9 Å². The molecule has 0 radical (unpaired) electrons. The maximum absolute atomic E-state index is 5.81. The summed E-state index contributed by atoms with van der Waals surface area (Å²) in [6, 6.07) is 10.4. The Bertz CT molecular complexity index is 853. The van der Waals surface area contributed by atoms with Gasteiger partial charge in [-0.15, -0.1) is 11.3 Å². The SMILES string of the molecule is Nc1nc2c(s1)CCN(C/C=C/c1cccc3ncccc13)CC2. The first-order valence-electron chi connectivity index (χ1n) is 8.26. The molecule has 1 aromatic carbocycles. The molecule has 2 N–H and O–H groups in total. The van der Waals surface area contributed by atoms with Crippen LogP contribution in [-0.2, 0) is 12.8 Å². The van der Waals surface area contributed by atoms with E-state index in [9.17, 15) is 0 Å². The van der Waals surface area contributed by atoms with Gasteiger partial charge in [-0.3, -0.25) is 9.88 Å². The Morgan fingerprint density at radius 1 is 1.17 bits per heavy atom. The number of pyridine rings is 1. The van der Waals surface area contributed by atoms with Gasteiger partial charge in [0.05, 0.1) is 11.2 Å². The van der Waals surface area contributed by atoms with E-state index in [1.54, 1.807) is 11.3 Å². The lowest BCUT2D eigenvalue weighted by Crippen LogP contribution is -2.26. The third-order valence-electron chi connectivity index (χ3n) is 4.46. The fraction of sp³-hybridized carbons (Fsp3) is 0.263. The molecule has 0 unspecified atom stereocenters. The predicted molar refractivity (Wildman–Crippen MR) is 101 cm³/mol. The average molecular weight is 336 g/mol. The molecule has 0 saturated heterocycles. The molecule has 3 aromatic rings. The van der Waals surface area contributed by atoms with E-state index in [1.807, 2.05) is 12.3 Å². The van der Waals surface area contributed by atoms with Crippen molar-refractivity contribution < 1.29 is 0 Å². The highest BCUT2D eigenvalue weighted by Gasteiger charge is 2.16. The first-order chi connectivity index (χ1) is 11.8. The summed E-state index contributed by atoms with van der Waals surface area (Å²) in [5.41, 5.74) is 9.28. The third kappa shape index (κ3) is 3.18. The molecule has 0 fully saturated rings. The van der Waals surface area contributed by atoms with Crippen LogP contribution in [-0.4, -0.2) is 34.5 Å². The molecular weight excluding hydrogens is 316 g/mol. The van der Waals surface area contributed by atoms with Crippen molar-refractivity contribution in [2.75, 3.05) is 25.4 Å². The van der Waals surface area contributed by atoms with Gasteiger partial charge in [-0.25, -0.2) is 4.98 Å². The fourth-order valence-corrected chi connectivity index (χ4v) is 4.08. The molecule has 5 heteroatoms. The number of nitrogen functional groups attached to an aromatic ring is 1. The molecule has 0 spiro atoms. The van der Waals surface area contributed by atoms with Crippen molar-refractivity contribution in [1.29, 1.82) is 0 Å². The summed E-state index contributed by atoms with van der Waals surface area (Å²) >= 11 is 1.64. The normalized spacial score (nSPS) is 15.7. The molecule has 0 atom stereocenters. The van der Waals surface area contributed by atoms with Gasteiger partial charge in [-0.1, -0.05) is 30.4 Å². The highest BCUT2D eigenvalue weighted by atomic mass is 32.1. The Morgan fingerprint density at radius 3 is 3.04 bits per heavy atom. The molecule has 1 aliphatic rings. The van der Waals surface area contributed by atoms with Crippen LogP contribution in [0.2, 0.25) is 0 Å². The molecule has 122 valence electrons. The summed E-state index contributed by atoms with van der Waals surface area (Å²) in [5.74, 6) is 0. The van der Waals surface area contributed by atoms with E-state index >= 15 is 0 Å². The zero-order chi connectivity index (χ0) is 16.4. The molecule has 0 aliphatic carbocycles. The maximum Gasteiger partial charge on any atom is 0.180 e. The lowest BCUT2D eigenvalue weighted by atomic mass is 10.1. The first kappa shape index (κ1) is 15.3. The summed E-state index contributed by atoms with van der Waals surface area (Å²) in [6.45, 7) is 3.06. The van der Waals surface area contributed by atoms with Gasteiger partial charge in [0.1, 0.15) is 0 Å². The first-order valence-corrected chi connectivity index (χ1v) is 9.08. The van der Waals surface area contributed by atoms with Gasteiger partial charge >= 0.3 is 0 Å². The van der Waals surface area contributed by atoms with Crippen LogP contribution >= 0.6 is 11.3 Å². The van der Waals surface area contributed by atoms with E-state index in [-0.39, 0.29) is 0 Å². The van der Waals surface area contributed by atoms with Gasteiger partial charge in [-0.2, -0.15) is 0 Å². The van der Waals surface area contributed by atoms with Gasteiger partial charge in [0, 0.05) is 42.5 Å². The van der Waals surface area contributed by atoms with Crippen LogP contribution in [0.1, 0.15) is 16.1 Å². The van der Waals surface area contributed by atoms with E-state index in [1.165, 1.54) is 21.5 Å². The molecule has 0 bridgehead atoms. The topological polar surface area (TPSA) is 55.0 Å². The number of thiazole rings is 1. The van der Waals surface area contributed by atoms with Crippen molar-refractivity contribution >= 4 is 33.4 Å². The fourth-order valence-electron chi connectivity index (χ4n) is 3.21. The molecule has 24 heavy (non-hydrogen) atoms. The van der Waals surface area contributed by atoms with E-state index in [0.717, 1.165) is 38.0 Å². The molecule has 4 rings (SSSR count). The smallest absolute Gasteiger partial charge is 0.180 e. The second kappa shape index (κ2) is 6.71. The van der Waals surface area contributed by atoms with Gasteiger partial charge < -0.3 is 5.73 Å². The summed E-state index contributed by atoms with van der Waals surface area (Å²) < 4.78 is 0. The van der Waals surface area contributed by atoms with Crippen LogP contribution in [0.15, 0.2) is 42.6 Å². The third-order valence-corrected chi connectivity index (χ3v) is 5.44. The molecule has 2 aromatic heterocycles. The maximum atomic E-state index is 5.81. The van der Waals surface area contributed by atoms with Crippen molar-refractivity contribution in [2.45, 2.75) is 12.8 Å². The van der Waals surface area contributed by atoms with Gasteiger partial charge in [0.2, 0.25) is 0 Å². The van der Waals surface area contributed by atoms with Crippen LogP contribution in [0.4, 0.5) is 5.13 Å². The van der Waals surface area contributed by atoms with Crippen molar-refractivity contribution in [2.24, 2.45) is 0 Å². The number of benzene rings is 1. The minimum Gasteiger partial charge on any atom is -0.375 e. The highest BCUT2D eigenvalue weighted by Crippen LogP contribution is 2.24. The summed E-state index contributed by atoms with van der Waals surface area (Å²) in [6.07, 6.45) is 8.35. The zero-order valence-corrected chi connectivity index (χ0v) is 14.3. The number of nitrogens with zero attached hydrogens (tertiary/aromatic N) is 3. The molecular formula is C19H20N4S.